The molecule has 8 heteroatoms. The minimum absolute atomic E-state index is 0.0302. The molecule has 1 unspecified atom stereocenters. The Morgan fingerprint density at radius 1 is 1.21 bits per heavy atom. The smallest absolute Gasteiger partial charge is 0.252 e. The van der Waals surface area contributed by atoms with Gasteiger partial charge < -0.3 is 10.1 Å². The maximum Gasteiger partial charge on any atom is 0.252 e. The normalized spacial score (nSPS) is 15.0. The first-order valence-electron chi connectivity index (χ1n) is 9.23. The summed E-state index contributed by atoms with van der Waals surface area (Å²) in [5, 5.41) is 10.0. The van der Waals surface area contributed by atoms with Crippen LogP contribution in [0, 0.1) is 13.8 Å². The number of carbonyl (C=O) groups is 2. The van der Waals surface area contributed by atoms with Crippen LogP contribution in [0.5, 0.6) is 5.75 Å². The van der Waals surface area contributed by atoms with E-state index in [9.17, 15) is 9.59 Å². The van der Waals surface area contributed by atoms with E-state index < -0.39 is 6.04 Å². The van der Waals surface area contributed by atoms with E-state index in [0.29, 0.717) is 11.8 Å². The first kappa shape index (κ1) is 18.7. The van der Waals surface area contributed by atoms with Crippen molar-refractivity contribution in [1.29, 1.82) is 0 Å². The van der Waals surface area contributed by atoms with Crippen LogP contribution in [0.4, 0.5) is 11.6 Å². The SMILES string of the molecule is COc1ccc(-c2nc3n(n2)C(CC(=O)Nc2ccc(C)cc2C)C(=O)N3)cc1. The van der Waals surface area contributed by atoms with Crippen LogP contribution in [0.2, 0.25) is 0 Å². The van der Waals surface area contributed by atoms with E-state index in [4.69, 9.17) is 4.74 Å². The van der Waals surface area contributed by atoms with Crippen molar-refractivity contribution in [2.45, 2.75) is 26.3 Å². The first-order valence-corrected chi connectivity index (χ1v) is 9.23. The van der Waals surface area contributed by atoms with Gasteiger partial charge in [-0.15, -0.1) is 5.10 Å². The summed E-state index contributed by atoms with van der Waals surface area (Å²) >= 11 is 0. The molecule has 2 aromatic carbocycles. The van der Waals surface area contributed by atoms with Gasteiger partial charge in [0.1, 0.15) is 11.8 Å². The Kier molecular flexibility index (Phi) is 4.75. The summed E-state index contributed by atoms with van der Waals surface area (Å²) in [6.07, 6.45) is -0.0302. The summed E-state index contributed by atoms with van der Waals surface area (Å²) in [5.41, 5.74) is 3.61. The van der Waals surface area contributed by atoms with Crippen molar-refractivity contribution in [1.82, 2.24) is 14.8 Å². The second-order valence-corrected chi connectivity index (χ2v) is 7.01. The molecule has 0 radical (unpaired) electrons. The largest absolute Gasteiger partial charge is 0.497 e. The van der Waals surface area contributed by atoms with Crippen molar-refractivity contribution in [2.24, 2.45) is 0 Å². The Bertz CT molecular complexity index is 1090. The van der Waals surface area contributed by atoms with Gasteiger partial charge in [-0.2, -0.15) is 4.98 Å². The first-order chi connectivity index (χ1) is 13.9. The molecule has 3 aromatic rings. The number of fused-ring (bicyclic) bond motifs is 1. The zero-order chi connectivity index (χ0) is 20.5. The van der Waals surface area contributed by atoms with E-state index in [1.807, 2.05) is 56.3 Å². The van der Waals surface area contributed by atoms with E-state index in [1.54, 1.807) is 7.11 Å². The molecule has 0 spiro atoms. The maximum absolute atomic E-state index is 12.5. The Morgan fingerprint density at radius 2 is 1.97 bits per heavy atom. The third kappa shape index (κ3) is 3.69. The van der Waals surface area contributed by atoms with E-state index in [1.165, 1.54) is 4.68 Å². The zero-order valence-corrected chi connectivity index (χ0v) is 16.4. The monoisotopic (exact) mass is 391 g/mol. The molecule has 1 aliphatic rings. The van der Waals surface area contributed by atoms with Crippen molar-refractivity contribution in [3.05, 3.63) is 53.6 Å². The van der Waals surface area contributed by atoms with Gasteiger partial charge in [-0.05, 0) is 49.7 Å². The molecule has 0 saturated heterocycles. The van der Waals surface area contributed by atoms with E-state index in [0.717, 1.165) is 28.1 Å². The van der Waals surface area contributed by atoms with Crippen molar-refractivity contribution in [3.63, 3.8) is 0 Å². The van der Waals surface area contributed by atoms with Crippen molar-refractivity contribution in [3.8, 4) is 17.1 Å². The molecule has 2 heterocycles. The van der Waals surface area contributed by atoms with Crippen molar-refractivity contribution < 1.29 is 14.3 Å². The average molecular weight is 391 g/mol. The molecule has 29 heavy (non-hydrogen) atoms. The van der Waals surface area contributed by atoms with Gasteiger partial charge in [0.25, 0.3) is 5.91 Å². The molecule has 0 saturated carbocycles. The van der Waals surface area contributed by atoms with Crippen LogP contribution in [0.3, 0.4) is 0 Å². The number of aryl methyl sites for hydroxylation is 2. The summed E-state index contributed by atoms with van der Waals surface area (Å²) in [5.74, 6) is 0.992. The van der Waals surface area contributed by atoms with E-state index in [2.05, 4.69) is 20.7 Å². The van der Waals surface area contributed by atoms with Crippen LogP contribution in [-0.4, -0.2) is 33.7 Å². The lowest BCUT2D eigenvalue weighted by atomic mass is 10.1. The second-order valence-electron chi connectivity index (χ2n) is 7.01. The number of aromatic nitrogens is 3. The van der Waals surface area contributed by atoms with Gasteiger partial charge in [0.2, 0.25) is 11.9 Å². The van der Waals surface area contributed by atoms with Crippen LogP contribution < -0.4 is 15.4 Å². The second kappa shape index (κ2) is 7.38. The Labute approximate surface area is 167 Å². The number of benzene rings is 2. The van der Waals surface area contributed by atoms with E-state index >= 15 is 0 Å². The number of methoxy groups -OCH3 is 1. The standard InChI is InChI=1S/C21H21N5O3/c1-12-4-9-16(13(2)10-12)22-18(27)11-17-20(28)24-21-23-19(25-26(17)21)14-5-7-15(29-3)8-6-14/h4-10,17H,11H2,1-3H3,(H,22,27)(H,23,24,25,28). The fourth-order valence-electron chi connectivity index (χ4n) is 3.30. The number of nitrogens with one attached hydrogen (secondary N) is 2. The highest BCUT2D eigenvalue weighted by molar-refractivity contribution is 6.01. The van der Waals surface area contributed by atoms with Crippen LogP contribution in [0.1, 0.15) is 23.6 Å². The molecular weight excluding hydrogens is 370 g/mol. The van der Waals surface area contributed by atoms with E-state index in [-0.39, 0.29) is 18.2 Å². The number of amides is 2. The summed E-state index contributed by atoms with van der Waals surface area (Å²) in [7, 11) is 1.60. The van der Waals surface area contributed by atoms with Crippen LogP contribution in [0.15, 0.2) is 42.5 Å². The summed E-state index contributed by atoms with van der Waals surface area (Å²) in [6.45, 7) is 3.93. The van der Waals surface area contributed by atoms with Gasteiger partial charge in [0.05, 0.1) is 13.5 Å². The molecule has 148 valence electrons. The molecule has 0 aliphatic carbocycles. The van der Waals surface area contributed by atoms with Gasteiger partial charge in [-0.3, -0.25) is 14.9 Å². The fraction of sp³-hybridized carbons (Fsp3) is 0.238. The minimum Gasteiger partial charge on any atom is -0.497 e. The quantitative estimate of drug-likeness (QED) is 0.696. The molecule has 8 nitrogen and oxygen atoms in total. The van der Waals surface area contributed by atoms with Gasteiger partial charge in [-0.25, -0.2) is 4.68 Å². The van der Waals surface area contributed by atoms with Crippen LogP contribution in [0.25, 0.3) is 11.4 Å². The van der Waals surface area contributed by atoms with Gasteiger partial charge >= 0.3 is 0 Å². The van der Waals surface area contributed by atoms with Crippen LogP contribution >= 0.6 is 0 Å². The van der Waals surface area contributed by atoms with Gasteiger partial charge in [-0.1, -0.05) is 17.7 Å². The van der Waals surface area contributed by atoms with Crippen molar-refractivity contribution >= 4 is 23.5 Å². The number of anilines is 2. The predicted molar refractivity (Wildman–Crippen MR) is 109 cm³/mol. The number of hydrogen-bond acceptors (Lipinski definition) is 5. The van der Waals surface area contributed by atoms with Gasteiger partial charge in [0.15, 0.2) is 5.82 Å². The molecule has 2 amide bonds. The Hall–Kier alpha value is -3.68. The number of nitrogens with zero attached hydrogens (tertiary/aromatic N) is 3. The topological polar surface area (TPSA) is 98.1 Å². The molecule has 2 N–H and O–H groups in total. The molecule has 0 bridgehead atoms. The third-order valence-electron chi connectivity index (χ3n) is 4.85. The summed E-state index contributed by atoms with van der Waals surface area (Å²) in [4.78, 5) is 29.2. The molecule has 4 rings (SSSR count). The molecule has 1 aromatic heterocycles. The highest BCUT2D eigenvalue weighted by Gasteiger charge is 2.35. The number of carbonyl (C=O) groups excluding carboxylic acids is 2. The lowest BCUT2D eigenvalue weighted by Gasteiger charge is -2.12. The molecular formula is C21H21N5O3. The molecule has 0 fully saturated rings. The summed E-state index contributed by atoms with van der Waals surface area (Å²) in [6, 6.07) is 12.4. The number of rotatable bonds is 5. The Morgan fingerprint density at radius 3 is 2.66 bits per heavy atom. The Balaban J connectivity index is 1.51. The predicted octanol–water partition coefficient (Wildman–Crippen LogP) is 3.09. The lowest BCUT2D eigenvalue weighted by Crippen LogP contribution is -2.24. The lowest BCUT2D eigenvalue weighted by molar-refractivity contribution is -0.123. The molecule has 1 aliphatic heterocycles. The zero-order valence-electron chi connectivity index (χ0n) is 16.4. The highest BCUT2D eigenvalue weighted by atomic mass is 16.5. The minimum atomic E-state index is -0.741. The number of hydrogen-bond donors (Lipinski definition) is 2. The van der Waals surface area contributed by atoms with Gasteiger partial charge in [0, 0.05) is 11.3 Å². The maximum atomic E-state index is 12.5. The highest BCUT2D eigenvalue weighted by Crippen LogP contribution is 2.29. The average Bonchev–Trinajstić information content (AvgIpc) is 3.23. The third-order valence-corrected chi connectivity index (χ3v) is 4.85. The molecule has 1 atom stereocenters. The summed E-state index contributed by atoms with van der Waals surface area (Å²) < 4.78 is 6.63. The fourth-order valence-corrected chi connectivity index (χ4v) is 3.30. The van der Waals surface area contributed by atoms with Crippen LogP contribution in [-0.2, 0) is 9.59 Å². The number of ether oxygens (including phenoxy) is 1. The van der Waals surface area contributed by atoms with Crippen molar-refractivity contribution in [2.75, 3.05) is 17.7 Å².